The molecule has 4 rings (SSSR count). The molecule has 2 aromatic heterocycles. The molecule has 0 bridgehead atoms. The van der Waals surface area contributed by atoms with Crippen LogP contribution in [-0.2, 0) is 13.0 Å². The Kier molecular flexibility index (Phi) is 6.91. The molecular weight excluding hydrogens is 436 g/mol. The van der Waals surface area contributed by atoms with Crippen molar-refractivity contribution < 1.29 is 14.6 Å². The number of ether oxygens (including phenoxy) is 2. The van der Waals surface area contributed by atoms with Crippen LogP contribution >= 0.6 is 11.3 Å². The van der Waals surface area contributed by atoms with Gasteiger partial charge in [0.25, 0.3) is 5.56 Å². The van der Waals surface area contributed by atoms with Crippen LogP contribution in [0.25, 0.3) is 21.3 Å². The summed E-state index contributed by atoms with van der Waals surface area (Å²) in [6.45, 7) is 5.85. The summed E-state index contributed by atoms with van der Waals surface area (Å²) in [5.74, 6) is 1.12. The molecule has 7 heteroatoms. The number of aliphatic hydroxyl groups excluding tert-OH is 1. The fraction of sp³-hybridized carbons (Fsp3) is 0.231. The number of hydrogen-bond donors (Lipinski definition) is 1. The van der Waals surface area contributed by atoms with Crippen LogP contribution in [0.15, 0.2) is 71.6 Å². The number of thiophene rings is 1. The summed E-state index contributed by atoms with van der Waals surface area (Å²) >= 11 is 1.44. The number of benzene rings is 2. The fourth-order valence-corrected chi connectivity index (χ4v) is 4.54. The van der Waals surface area contributed by atoms with Crippen molar-refractivity contribution in [3.63, 3.8) is 0 Å². The van der Waals surface area contributed by atoms with Gasteiger partial charge < -0.3 is 14.6 Å². The van der Waals surface area contributed by atoms with Gasteiger partial charge in [-0.05, 0) is 36.6 Å². The van der Waals surface area contributed by atoms with Crippen molar-refractivity contribution in [3.8, 4) is 22.6 Å². The highest BCUT2D eigenvalue weighted by Crippen LogP contribution is 2.31. The molecule has 1 N–H and O–H groups in total. The normalized spacial score (nSPS) is 12.0. The third-order valence-electron chi connectivity index (χ3n) is 5.37. The van der Waals surface area contributed by atoms with Gasteiger partial charge in [-0.1, -0.05) is 42.0 Å². The van der Waals surface area contributed by atoms with Gasteiger partial charge in [-0.25, -0.2) is 4.98 Å². The Bertz CT molecular complexity index is 1320. The predicted octanol–water partition coefficient (Wildman–Crippen LogP) is 4.61. The first-order valence-electron chi connectivity index (χ1n) is 10.6. The van der Waals surface area contributed by atoms with Crippen molar-refractivity contribution in [2.75, 3.05) is 13.7 Å². The van der Waals surface area contributed by atoms with Crippen LogP contribution in [0.3, 0.4) is 0 Å². The van der Waals surface area contributed by atoms with Crippen LogP contribution in [0.4, 0.5) is 0 Å². The Balaban J connectivity index is 1.51. The van der Waals surface area contributed by atoms with Crippen LogP contribution in [0, 0.1) is 6.92 Å². The molecule has 33 heavy (non-hydrogen) atoms. The lowest BCUT2D eigenvalue weighted by Gasteiger charge is -2.16. The van der Waals surface area contributed by atoms with E-state index in [-0.39, 0.29) is 18.7 Å². The van der Waals surface area contributed by atoms with Gasteiger partial charge in [-0.2, -0.15) is 0 Å². The van der Waals surface area contributed by atoms with Crippen LogP contribution in [0.5, 0.6) is 11.5 Å². The smallest absolute Gasteiger partial charge is 0.262 e. The van der Waals surface area contributed by atoms with Gasteiger partial charge in [0.1, 0.15) is 17.5 Å². The second kappa shape index (κ2) is 10.0. The molecule has 2 aromatic carbocycles. The third kappa shape index (κ3) is 4.99. The molecule has 0 aliphatic rings. The van der Waals surface area contributed by atoms with E-state index in [0.29, 0.717) is 21.7 Å². The Hall–Kier alpha value is -3.42. The van der Waals surface area contributed by atoms with Gasteiger partial charge in [0.2, 0.25) is 0 Å². The maximum atomic E-state index is 13.2. The highest BCUT2D eigenvalue weighted by atomic mass is 32.1. The lowest BCUT2D eigenvalue weighted by molar-refractivity contribution is 0.0900. The molecule has 4 aromatic rings. The molecule has 0 spiro atoms. The van der Waals surface area contributed by atoms with Gasteiger partial charge in [-0.3, -0.25) is 9.36 Å². The van der Waals surface area contributed by atoms with E-state index >= 15 is 0 Å². The Morgan fingerprint density at radius 3 is 2.73 bits per heavy atom. The number of methoxy groups -OCH3 is 1. The second-order valence-electron chi connectivity index (χ2n) is 7.84. The van der Waals surface area contributed by atoms with Gasteiger partial charge in [0, 0.05) is 10.9 Å². The van der Waals surface area contributed by atoms with Crippen LogP contribution in [0.1, 0.15) is 11.1 Å². The number of rotatable bonds is 9. The van der Waals surface area contributed by atoms with Crippen molar-refractivity contribution in [1.82, 2.24) is 9.55 Å². The lowest BCUT2D eigenvalue weighted by atomic mass is 10.1. The minimum Gasteiger partial charge on any atom is -0.493 e. The van der Waals surface area contributed by atoms with Crippen molar-refractivity contribution in [2.24, 2.45) is 0 Å². The van der Waals surface area contributed by atoms with Crippen LogP contribution in [-0.4, -0.2) is 34.5 Å². The molecule has 1 atom stereocenters. The number of allylic oxidation sites excluding steroid dienone is 1. The quantitative estimate of drug-likeness (QED) is 0.368. The zero-order valence-corrected chi connectivity index (χ0v) is 19.5. The van der Waals surface area contributed by atoms with Crippen LogP contribution in [0.2, 0.25) is 0 Å². The Labute approximate surface area is 196 Å². The molecule has 0 radical (unpaired) electrons. The first-order valence-corrected chi connectivity index (χ1v) is 11.5. The van der Waals surface area contributed by atoms with E-state index in [0.717, 1.165) is 28.7 Å². The maximum Gasteiger partial charge on any atom is 0.262 e. The van der Waals surface area contributed by atoms with E-state index < -0.39 is 6.10 Å². The summed E-state index contributed by atoms with van der Waals surface area (Å²) < 4.78 is 12.6. The second-order valence-corrected chi connectivity index (χ2v) is 8.70. The molecular formula is C26H26N2O4S. The molecule has 0 aliphatic heterocycles. The summed E-state index contributed by atoms with van der Waals surface area (Å²) in [7, 11) is 1.57. The van der Waals surface area contributed by atoms with E-state index in [1.165, 1.54) is 22.2 Å². The number of aryl methyl sites for hydroxylation is 1. The number of nitrogens with zero attached hydrogens (tertiary/aromatic N) is 2. The minimum absolute atomic E-state index is 0.0100. The molecule has 170 valence electrons. The number of aliphatic hydroxyl groups is 1. The maximum absolute atomic E-state index is 13.2. The lowest BCUT2D eigenvalue weighted by Crippen LogP contribution is -2.30. The predicted molar refractivity (Wildman–Crippen MR) is 132 cm³/mol. The topological polar surface area (TPSA) is 73.6 Å². The number of aromatic nitrogens is 2. The third-order valence-corrected chi connectivity index (χ3v) is 6.26. The largest absolute Gasteiger partial charge is 0.493 e. The van der Waals surface area contributed by atoms with Gasteiger partial charge >= 0.3 is 0 Å². The van der Waals surface area contributed by atoms with E-state index in [1.54, 1.807) is 7.11 Å². The van der Waals surface area contributed by atoms with Gasteiger partial charge in [-0.15, -0.1) is 17.9 Å². The summed E-state index contributed by atoms with van der Waals surface area (Å²) in [5, 5.41) is 13.1. The summed E-state index contributed by atoms with van der Waals surface area (Å²) in [6.07, 6.45) is 3.12. The van der Waals surface area contributed by atoms with Gasteiger partial charge in [0.15, 0.2) is 11.5 Å². The zero-order chi connectivity index (χ0) is 23.4. The van der Waals surface area contributed by atoms with E-state index in [1.807, 2.05) is 60.8 Å². The standard InChI is InChI=1S/C26H26N2O4S/c1-4-5-18-8-11-22(23(12-18)31-3)32-14-20(29)13-28-16-27-25-24(26(28)30)21(15-33-25)19-9-6-17(2)7-10-19/h4,6-12,15-16,20,29H,1,5,13-14H2,2-3H3. The van der Waals surface area contributed by atoms with Crippen molar-refractivity contribution >= 4 is 21.6 Å². The molecule has 0 saturated heterocycles. The molecule has 0 aliphatic carbocycles. The minimum atomic E-state index is -0.902. The average molecular weight is 463 g/mol. The molecule has 2 heterocycles. The molecule has 0 amide bonds. The average Bonchev–Trinajstić information content (AvgIpc) is 3.25. The molecule has 0 fully saturated rings. The molecule has 1 unspecified atom stereocenters. The first-order chi connectivity index (χ1) is 16.0. The van der Waals surface area contributed by atoms with Gasteiger partial charge in [0.05, 0.1) is 25.4 Å². The van der Waals surface area contributed by atoms with Crippen molar-refractivity contribution in [1.29, 1.82) is 0 Å². The van der Waals surface area contributed by atoms with E-state index in [2.05, 4.69) is 11.6 Å². The van der Waals surface area contributed by atoms with E-state index in [4.69, 9.17) is 9.47 Å². The monoisotopic (exact) mass is 462 g/mol. The molecule has 6 nitrogen and oxygen atoms in total. The summed E-state index contributed by atoms with van der Waals surface area (Å²) in [6, 6.07) is 13.7. The number of fused-ring (bicyclic) bond motifs is 1. The highest BCUT2D eigenvalue weighted by molar-refractivity contribution is 7.17. The highest BCUT2D eigenvalue weighted by Gasteiger charge is 2.16. The zero-order valence-electron chi connectivity index (χ0n) is 18.7. The number of hydrogen-bond acceptors (Lipinski definition) is 6. The Morgan fingerprint density at radius 1 is 1.21 bits per heavy atom. The summed E-state index contributed by atoms with van der Waals surface area (Å²) in [5.41, 5.74) is 3.86. The van der Waals surface area contributed by atoms with Crippen molar-refractivity contribution in [3.05, 3.63) is 88.3 Å². The molecule has 0 saturated carbocycles. The van der Waals surface area contributed by atoms with E-state index in [9.17, 15) is 9.90 Å². The SMILES string of the molecule is C=CCc1ccc(OCC(O)Cn2cnc3scc(-c4ccc(C)cc4)c3c2=O)c(OC)c1. The van der Waals surface area contributed by atoms with Crippen molar-refractivity contribution in [2.45, 2.75) is 26.0 Å². The summed E-state index contributed by atoms with van der Waals surface area (Å²) in [4.78, 5) is 18.3. The Morgan fingerprint density at radius 2 is 2.00 bits per heavy atom. The fourth-order valence-electron chi connectivity index (χ4n) is 3.63. The van der Waals surface area contributed by atoms with Crippen LogP contribution < -0.4 is 15.0 Å². The first kappa shape index (κ1) is 22.8.